The zero-order valence-corrected chi connectivity index (χ0v) is 16.4. The first-order chi connectivity index (χ1) is 10.7. The van der Waals surface area contributed by atoms with Gasteiger partial charge in [-0.05, 0) is 30.3 Å². The van der Waals surface area contributed by atoms with Crippen molar-refractivity contribution in [2.75, 3.05) is 27.8 Å². The fourth-order valence-corrected chi connectivity index (χ4v) is 2.55. The molecule has 0 atom stereocenters. The lowest BCUT2D eigenvalue weighted by atomic mass is 10.2. The molecule has 0 bridgehead atoms. The van der Waals surface area contributed by atoms with E-state index in [-0.39, 0.29) is 18.6 Å². The lowest BCUT2D eigenvalue weighted by Gasteiger charge is -2.36. The van der Waals surface area contributed by atoms with Crippen LogP contribution < -0.4 is 9.47 Å². The van der Waals surface area contributed by atoms with Gasteiger partial charge in [0, 0.05) is 25.8 Å². The van der Waals surface area contributed by atoms with Crippen LogP contribution in [0.25, 0.3) is 0 Å². The first-order valence-corrected chi connectivity index (χ1v) is 10.6. The van der Waals surface area contributed by atoms with Gasteiger partial charge in [-0.2, -0.15) is 0 Å². The van der Waals surface area contributed by atoms with Crippen molar-refractivity contribution in [2.24, 2.45) is 0 Å². The molecule has 0 aliphatic heterocycles. The molecule has 0 saturated heterocycles. The molecule has 0 radical (unpaired) electrons. The summed E-state index contributed by atoms with van der Waals surface area (Å²) in [7, 11) is 1.37. The summed E-state index contributed by atoms with van der Waals surface area (Å²) in [6, 6.07) is 5.69. The van der Waals surface area contributed by atoms with Gasteiger partial charge in [0.2, 0.25) is 0 Å². The first-order valence-electron chi connectivity index (χ1n) is 7.71. The summed E-state index contributed by atoms with van der Waals surface area (Å²) in [5.41, 5.74) is 0.983. The van der Waals surface area contributed by atoms with Gasteiger partial charge in [-0.15, -0.1) is 0 Å². The number of rotatable bonds is 9. The molecular weight excluding hydrogens is 312 g/mol. The van der Waals surface area contributed by atoms with E-state index >= 15 is 0 Å². The summed E-state index contributed by atoms with van der Waals surface area (Å²) in [5.74, 6) is 1.40. The number of hydrogen-bond donors (Lipinski definition) is 0. The fourth-order valence-electron chi connectivity index (χ4n) is 1.60. The Morgan fingerprint density at radius 3 is 2.13 bits per heavy atom. The molecule has 0 spiro atoms. The second kappa shape index (κ2) is 8.68. The molecule has 1 aromatic carbocycles. The molecule has 0 unspecified atom stereocenters. The summed E-state index contributed by atoms with van der Waals surface area (Å²) in [6.45, 7) is 12.0. The van der Waals surface area contributed by atoms with Gasteiger partial charge >= 0.3 is 0 Å². The van der Waals surface area contributed by atoms with Crippen LogP contribution in [-0.4, -0.2) is 36.1 Å². The van der Waals surface area contributed by atoms with Crippen LogP contribution in [0.15, 0.2) is 18.2 Å². The zero-order valence-electron chi connectivity index (χ0n) is 15.4. The Labute approximate surface area is 141 Å². The number of hydrogen-bond acceptors (Lipinski definition) is 5. The Morgan fingerprint density at radius 1 is 0.957 bits per heavy atom. The van der Waals surface area contributed by atoms with Crippen LogP contribution in [0.3, 0.4) is 0 Å². The molecule has 6 heteroatoms. The van der Waals surface area contributed by atoms with E-state index in [4.69, 9.17) is 23.4 Å². The molecule has 0 heterocycles. The minimum atomic E-state index is -1.81. The predicted octanol–water partition coefficient (Wildman–Crippen LogP) is 4.17. The number of methoxy groups -OCH3 is 2. The average molecular weight is 343 g/mol. The topological polar surface area (TPSA) is 46.2 Å². The third kappa shape index (κ3) is 6.14. The summed E-state index contributed by atoms with van der Waals surface area (Å²) < 4.78 is 27.3. The highest BCUT2D eigenvalue weighted by Crippen LogP contribution is 2.38. The average Bonchev–Trinajstić information content (AvgIpc) is 2.48. The van der Waals surface area contributed by atoms with Crippen molar-refractivity contribution >= 4 is 8.32 Å². The minimum Gasteiger partial charge on any atom is -0.467 e. The zero-order chi connectivity index (χ0) is 17.5. The number of ether oxygens (including phenoxy) is 4. The van der Waals surface area contributed by atoms with Crippen LogP contribution in [0.1, 0.15) is 26.3 Å². The Morgan fingerprint density at radius 2 is 1.57 bits per heavy atom. The smallest absolute Gasteiger partial charge is 0.192 e. The minimum absolute atomic E-state index is 0.169. The highest BCUT2D eigenvalue weighted by atomic mass is 28.4. The van der Waals surface area contributed by atoms with Crippen molar-refractivity contribution in [1.82, 2.24) is 0 Å². The maximum Gasteiger partial charge on any atom is 0.192 e. The second-order valence-electron chi connectivity index (χ2n) is 6.92. The maximum atomic E-state index is 6.27. The van der Waals surface area contributed by atoms with Gasteiger partial charge in [0.05, 0.1) is 6.61 Å². The van der Waals surface area contributed by atoms with E-state index < -0.39 is 8.32 Å². The summed E-state index contributed by atoms with van der Waals surface area (Å²) in [6.07, 6.45) is 0. The van der Waals surface area contributed by atoms with Crippen molar-refractivity contribution < 1.29 is 23.4 Å². The van der Waals surface area contributed by atoms with Gasteiger partial charge in [0.25, 0.3) is 0 Å². The predicted molar refractivity (Wildman–Crippen MR) is 93.4 cm³/mol. The van der Waals surface area contributed by atoms with E-state index in [2.05, 4.69) is 33.9 Å². The lowest BCUT2D eigenvalue weighted by Crippen LogP contribution is -2.40. The first kappa shape index (κ1) is 20.0. The second-order valence-corrected chi connectivity index (χ2v) is 11.7. The molecule has 0 saturated carbocycles. The Kier molecular flexibility index (Phi) is 7.53. The fraction of sp³-hybridized carbons (Fsp3) is 0.647. The molecule has 0 aliphatic carbocycles. The van der Waals surface area contributed by atoms with Crippen LogP contribution in [-0.2, 0) is 20.5 Å². The van der Waals surface area contributed by atoms with Crippen molar-refractivity contribution in [2.45, 2.75) is 45.5 Å². The van der Waals surface area contributed by atoms with Gasteiger partial charge < -0.3 is 23.4 Å². The van der Waals surface area contributed by atoms with Gasteiger partial charge in [0.15, 0.2) is 21.9 Å². The molecule has 0 aromatic heterocycles. The maximum absolute atomic E-state index is 6.27. The lowest BCUT2D eigenvalue weighted by molar-refractivity contribution is 0.0450. The van der Waals surface area contributed by atoms with E-state index in [1.165, 1.54) is 0 Å². The molecule has 0 N–H and O–H groups in total. The molecule has 132 valence electrons. The molecule has 1 aromatic rings. The van der Waals surface area contributed by atoms with Crippen LogP contribution in [0.2, 0.25) is 18.1 Å². The van der Waals surface area contributed by atoms with E-state index in [0.29, 0.717) is 18.1 Å². The molecule has 0 fully saturated rings. The van der Waals surface area contributed by atoms with Gasteiger partial charge in [-0.1, -0.05) is 20.8 Å². The van der Waals surface area contributed by atoms with E-state index in [9.17, 15) is 0 Å². The SMILES string of the molecule is COCOc1ccc(CO[Si](C)(C)C(C)(C)C)c(OCOC)c1. The molecular formula is C17H30O5Si. The van der Waals surface area contributed by atoms with Crippen molar-refractivity contribution in [1.29, 1.82) is 0 Å². The van der Waals surface area contributed by atoms with Crippen molar-refractivity contribution in [3.63, 3.8) is 0 Å². The Balaban J connectivity index is 2.87. The van der Waals surface area contributed by atoms with Crippen LogP contribution in [0.4, 0.5) is 0 Å². The van der Waals surface area contributed by atoms with Gasteiger partial charge in [-0.25, -0.2) is 0 Å². The van der Waals surface area contributed by atoms with E-state index in [1.54, 1.807) is 14.2 Å². The molecule has 0 amide bonds. The largest absolute Gasteiger partial charge is 0.467 e. The molecule has 5 nitrogen and oxygen atoms in total. The van der Waals surface area contributed by atoms with E-state index in [1.807, 2.05) is 18.2 Å². The summed E-state index contributed by atoms with van der Waals surface area (Å²) in [4.78, 5) is 0. The van der Waals surface area contributed by atoms with Crippen LogP contribution in [0.5, 0.6) is 11.5 Å². The normalized spacial score (nSPS) is 12.3. The van der Waals surface area contributed by atoms with Crippen LogP contribution >= 0.6 is 0 Å². The van der Waals surface area contributed by atoms with Crippen molar-refractivity contribution in [3.8, 4) is 11.5 Å². The van der Waals surface area contributed by atoms with E-state index in [0.717, 1.165) is 5.56 Å². The molecule has 23 heavy (non-hydrogen) atoms. The third-order valence-electron chi connectivity index (χ3n) is 4.11. The monoisotopic (exact) mass is 342 g/mol. The highest BCUT2D eigenvalue weighted by Gasteiger charge is 2.37. The standard InChI is InChI=1S/C17H30O5Si/c1-17(2,3)23(6,7)22-11-14-8-9-15(20-12-18-4)10-16(14)21-13-19-5/h8-10H,11-13H2,1-7H3. The highest BCUT2D eigenvalue weighted by molar-refractivity contribution is 6.74. The Bertz CT molecular complexity index is 482. The van der Waals surface area contributed by atoms with Crippen LogP contribution in [0, 0.1) is 0 Å². The van der Waals surface area contributed by atoms with Crippen molar-refractivity contribution in [3.05, 3.63) is 23.8 Å². The van der Waals surface area contributed by atoms with Gasteiger partial charge in [-0.3, -0.25) is 0 Å². The molecule has 1 rings (SSSR count). The third-order valence-corrected chi connectivity index (χ3v) is 8.59. The number of benzene rings is 1. The summed E-state index contributed by atoms with van der Waals surface area (Å²) >= 11 is 0. The Hall–Kier alpha value is -1.08. The summed E-state index contributed by atoms with van der Waals surface area (Å²) in [5, 5.41) is 0.169. The molecule has 0 aliphatic rings. The quantitative estimate of drug-likeness (QED) is 0.498. The van der Waals surface area contributed by atoms with Gasteiger partial charge in [0.1, 0.15) is 11.5 Å².